The molecule has 4 heterocycles. The topological polar surface area (TPSA) is 46.3 Å². The molecule has 1 saturated carbocycles. The molecule has 2 atom stereocenters. The van der Waals surface area contributed by atoms with Crippen LogP contribution in [0, 0.1) is 23.6 Å². The lowest BCUT2D eigenvalue weighted by molar-refractivity contribution is -0.959. The fourth-order valence-electron chi connectivity index (χ4n) is 7.22. The Hall–Kier alpha value is -2.15. The Labute approximate surface area is 223 Å². The molecule has 196 valence electrons. The molecule has 3 aromatic rings. The fraction of sp³-hybridized carbons (Fsp3) is 0.516. The molecule has 0 spiro atoms. The number of oxazole rings is 1. The zero-order valence-electron chi connectivity index (χ0n) is 21.5. The quantitative estimate of drug-likeness (QED) is 0.262. The summed E-state index contributed by atoms with van der Waals surface area (Å²) in [6.07, 6.45) is 9.91. The number of aliphatic hydroxyl groups is 1. The molecule has 37 heavy (non-hydrogen) atoms. The standard InChI is InChI=1S/C31H38FN2O2S/c32-27-11-13-29(14-12-27)37-22-24-20-34(17-15-23(24)16-18-34)21-28-19-33-30(36-28)31(35,25-7-3-1-4-8-25)26-9-5-2-6-10-26/h1,3-4,7-8,11-14,19,23-24,26,35H,2,5-6,9-10,15-18,20-22H2/q+1/t23?,24-,31+,34?/m1/s1. The lowest BCUT2D eigenvalue weighted by atomic mass is 9.73. The van der Waals surface area contributed by atoms with Crippen molar-refractivity contribution in [2.75, 3.05) is 25.4 Å². The van der Waals surface area contributed by atoms with Gasteiger partial charge in [0.15, 0.2) is 11.4 Å². The molecule has 4 aliphatic rings. The van der Waals surface area contributed by atoms with E-state index in [0.717, 1.165) is 71.1 Å². The van der Waals surface area contributed by atoms with Crippen LogP contribution in [0.2, 0.25) is 0 Å². The summed E-state index contributed by atoms with van der Waals surface area (Å²) in [5.41, 5.74) is -0.289. The number of rotatable bonds is 8. The molecule has 3 aliphatic heterocycles. The van der Waals surface area contributed by atoms with Gasteiger partial charge in [-0.05, 0) is 48.6 Å². The van der Waals surface area contributed by atoms with Crippen LogP contribution >= 0.6 is 11.8 Å². The number of fused-ring (bicyclic) bond motifs is 3. The summed E-state index contributed by atoms with van der Waals surface area (Å²) in [4.78, 5) is 5.87. The van der Waals surface area contributed by atoms with Crippen molar-refractivity contribution in [3.63, 3.8) is 0 Å². The summed E-state index contributed by atoms with van der Waals surface area (Å²) >= 11 is 1.86. The Morgan fingerprint density at radius 2 is 1.70 bits per heavy atom. The Morgan fingerprint density at radius 3 is 2.43 bits per heavy atom. The minimum Gasteiger partial charge on any atom is -0.436 e. The lowest BCUT2D eigenvalue weighted by Gasteiger charge is -2.52. The first-order valence-corrected chi connectivity index (χ1v) is 15.0. The highest BCUT2D eigenvalue weighted by atomic mass is 32.2. The van der Waals surface area contributed by atoms with Crippen LogP contribution in [-0.4, -0.2) is 40.0 Å². The number of hydrogen-bond acceptors (Lipinski definition) is 4. The van der Waals surface area contributed by atoms with Gasteiger partial charge in [-0.1, -0.05) is 49.6 Å². The van der Waals surface area contributed by atoms with E-state index in [1.165, 1.54) is 32.4 Å². The second kappa shape index (κ2) is 10.5. The molecule has 0 amide bonds. The van der Waals surface area contributed by atoms with Gasteiger partial charge in [0.05, 0.1) is 25.8 Å². The van der Waals surface area contributed by atoms with E-state index < -0.39 is 5.60 Å². The largest absolute Gasteiger partial charge is 0.436 e. The maximum absolute atomic E-state index is 13.3. The van der Waals surface area contributed by atoms with Gasteiger partial charge in [-0.15, -0.1) is 11.8 Å². The predicted molar refractivity (Wildman–Crippen MR) is 144 cm³/mol. The molecule has 4 nitrogen and oxygen atoms in total. The van der Waals surface area contributed by atoms with Crippen LogP contribution in [0.25, 0.3) is 0 Å². The first-order valence-electron chi connectivity index (χ1n) is 14.0. The summed E-state index contributed by atoms with van der Waals surface area (Å²) in [6.45, 7) is 4.36. The molecule has 0 radical (unpaired) electrons. The number of quaternary nitrogens is 1. The van der Waals surface area contributed by atoms with Gasteiger partial charge in [0.1, 0.15) is 12.4 Å². The third-order valence-corrected chi connectivity index (χ3v) is 10.5. The maximum atomic E-state index is 13.3. The predicted octanol–water partition coefficient (Wildman–Crippen LogP) is 6.78. The van der Waals surface area contributed by atoms with Crippen LogP contribution in [0.3, 0.4) is 0 Å². The number of halogens is 1. The zero-order chi connectivity index (χ0) is 25.3. The zero-order valence-corrected chi connectivity index (χ0v) is 22.3. The molecule has 1 N–H and O–H groups in total. The van der Waals surface area contributed by atoms with Gasteiger partial charge < -0.3 is 14.0 Å². The van der Waals surface area contributed by atoms with E-state index in [-0.39, 0.29) is 11.7 Å². The van der Waals surface area contributed by atoms with E-state index in [4.69, 9.17) is 9.40 Å². The smallest absolute Gasteiger partial charge is 0.231 e. The van der Waals surface area contributed by atoms with Crippen molar-refractivity contribution >= 4 is 11.8 Å². The average molecular weight is 522 g/mol. The molecule has 2 bridgehead atoms. The highest BCUT2D eigenvalue weighted by molar-refractivity contribution is 7.99. The van der Waals surface area contributed by atoms with E-state index in [1.807, 2.05) is 60.4 Å². The number of benzene rings is 2. The van der Waals surface area contributed by atoms with Gasteiger partial charge in [-0.2, -0.15) is 0 Å². The summed E-state index contributed by atoms with van der Waals surface area (Å²) in [6, 6.07) is 16.9. The van der Waals surface area contributed by atoms with Gasteiger partial charge >= 0.3 is 0 Å². The number of aromatic nitrogens is 1. The molecule has 2 aromatic carbocycles. The first kappa shape index (κ1) is 25.1. The van der Waals surface area contributed by atoms with Crippen molar-refractivity contribution < 1.29 is 18.4 Å². The van der Waals surface area contributed by atoms with Crippen LogP contribution in [0.5, 0.6) is 0 Å². The van der Waals surface area contributed by atoms with E-state index in [9.17, 15) is 9.50 Å². The monoisotopic (exact) mass is 521 g/mol. The van der Waals surface area contributed by atoms with E-state index in [1.54, 1.807) is 12.1 Å². The van der Waals surface area contributed by atoms with Crippen LogP contribution in [0.15, 0.2) is 70.1 Å². The number of thioether (sulfide) groups is 1. The maximum Gasteiger partial charge on any atom is 0.231 e. The molecule has 7 rings (SSSR count). The first-order chi connectivity index (χ1) is 18.0. The van der Waals surface area contributed by atoms with Crippen LogP contribution in [0.1, 0.15) is 62.2 Å². The van der Waals surface area contributed by atoms with Crippen LogP contribution in [-0.2, 0) is 12.1 Å². The Bertz CT molecular complexity index is 1170. The molecule has 0 unspecified atom stereocenters. The highest BCUT2D eigenvalue weighted by Crippen LogP contribution is 2.45. The van der Waals surface area contributed by atoms with Crippen LogP contribution in [0.4, 0.5) is 4.39 Å². The normalized spacial score (nSPS) is 27.7. The SMILES string of the molecule is O[C@](c1ccccc1)(c1ncc(C[N+]23CCC(CC2)[C@@H](CSc2ccc(F)cc2)C3)o1)C1CCCCC1. The second-order valence-corrected chi connectivity index (χ2v) is 12.7. The van der Waals surface area contributed by atoms with Crippen LogP contribution < -0.4 is 0 Å². The lowest BCUT2D eigenvalue weighted by Crippen LogP contribution is -2.61. The van der Waals surface area contributed by atoms with Gasteiger partial charge in [0, 0.05) is 35.3 Å². The third kappa shape index (κ3) is 5.13. The van der Waals surface area contributed by atoms with E-state index >= 15 is 0 Å². The van der Waals surface area contributed by atoms with Crippen molar-refractivity contribution in [2.45, 2.75) is 62.0 Å². The van der Waals surface area contributed by atoms with Crippen molar-refractivity contribution in [2.24, 2.45) is 17.8 Å². The van der Waals surface area contributed by atoms with Crippen molar-refractivity contribution in [1.29, 1.82) is 0 Å². The molecular weight excluding hydrogens is 483 g/mol. The number of piperidine rings is 3. The second-order valence-electron chi connectivity index (χ2n) is 11.6. The molecule has 3 saturated heterocycles. The average Bonchev–Trinajstić information content (AvgIpc) is 3.42. The number of nitrogens with zero attached hydrogens (tertiary/aromatic N) is 2. The van der Waals surface area contributed by atoms with Gasteiger partial charge in [-0.25, -0.2) is 9.37 Å². The van der Waals surface area contributed by atoms with Gasteiger partial charge in [0.2, 0.25) is 5.89 Å². The van der Waals surface area contributed by atoms with E-state index in [0.29, 0.717) is 11.8 Å². The molecular formula is C31H38FN2O2S+. The highest BCUT2D eigenvalue weighted by Gasteiger charge is 2.48. The molecule has 1 aliphatic carbocycles. The van der Waals surface area contributed by atoms with Gasteiger partial charge in [-0.3, -0.25) is 0 Å². The summed E-state index contributed by atoms with van der Waals surface area (Å²) < 4.78 is 20.8. The Morgan fingerprint density at radius 1 is 0.973 bits per heavy atom. The molecule has 6 heteroatoms. The number of hydrogen-bond donors (Lipinski definition) is 1. The van der Waals surface area contributed by atoms with Crippen molar-refractivity contribution in [3.8, 4) is 0 Å². The van der Waals surface area contributed by atoms with Crippen molar-refractivity contribution in [3.05, 3.63) is 83.8 Å². The van der Waals surface area contributed by atoms with Gasteiger partial charge in [0.25, 0.3) is 0 Å². The van der Waals surface area contributed by atoms with E-state index in [2.05, 4.69) is 0 Å². The molecule has 4 fully saturated rings. The fourth-order valence-corrected chi connectivity index (χ4v) is 8.33. The Kier molecular flexibility index (Phi) is 7.17. The minimum absolute atomic E-state index is 0.126. The minimum atomic E-state index is -1.18. The summed E-state index contributed by atoms with van der Waals surface area (Å²) in [5, 5.41) is 12.2. The molecule has 1 aromatic heterocycles. The Balaban J connectivity index is 1.19. The summed E-state index contributed by atoms with van der Waals surface area (Å²) in [7, 11) is 0. The van der Waals surface area contributed by atoms with Crippen molar-refractivity contribution in [1.82, 2.24) is 4.98 Å². The summed E-state index contributed by atoms with van der Waals surface area (Å²) in [5.74, 6) is 3.83. The third-order valence-electron chi connectivity index (χ3n) is 9.30.